The molecule has 1 amide bonds. The van der Waals surface area contributed by atoms with Gasteiger partial charge in [0.25, 0.3) is 11.5 Å². The van der Waals surface area contributed by atoms with E-state index in [1.54, 1.807) is 0 Å². The number of aliphatic hydroxyl groups excluding tert-OH is 1. The third-order valence-electron chi connectivity index (χ3n) is 2.29. The van der Waals surface area contributed by atoms with Crippen molar-refractivity contribution in [1.82, 2.24) is 15.5 Å². The predicted molar refractivity (Wildman–Crippen MR) is 74.3 cm³/mol. The molecule has 0 aromatic carbocycles. The zero-order valence-electron chi connectivity index (χ0n) is 10.3. The van der Waals surface area contributed by atoms with Gasteiger partial charge in [-0.25, -0.2) is 5.10 Å². The van der Waals surface area contributed by atoms with Gasteiger partial charge in [-0.05, 0) is 18.2 Å². The molecule has 0 unspecified atom stereocenters. The topological polar surface area (TPSA) is 95.1 Å². The van der Waals surface area contributed by atoms with Crippen LogP contribution >= 0.6 is 11.3 Å². The molecule has 0 spiro atoms. The number of rotatable bonds is 3. The maximum absolute atomic E-state index is 11.8. The molecule has 0 aliphatic heterocycles. The summed E-state index contributed by atoms with van der Waals surface area (Å²) in [5.74, 6) is 4.99. The Hall–Kier alpha value is -2.43. The van der Waals surface area contributed by atoms with E-state index in [1.807, 2.05) is 12.1 Å². The van der Waals surface area contributed by atoms with Gasteiger partial charge in [0.1, 0.15) is 12.3 Å². The van der Waals surface area contributed by atoms with Gasteiger partial charge in [-0.15, -0.1) is 11.3 Å². The van der Waals surface area contributed by atoms with Crippen molar-refractivity contribution >= 4 is 17.2 Å². The molecule has 0 saturated carbocycles. The quantitative estimate of drug-likeness (QED) is 0.699. The number of aromatic amines is 1. The van der Waals surface area contributed by atoms with Crippen LogP contribution in [0.25, 0.3) is 0 Å². The Bertz CT molecular complexity index is 704. The van der Waals surface area contributed by atoms with E-state index in [9.17, 15) is 9.59 Å². The van der Waals surface area contributed by atoms with Gasteiger partial charge < -0.3 is 10.4 Å². The first-order valence-electron chi connectivity index (χ1n) is 5.71. The largest absolute Gasteiger partial charge is 0.384 e. The van der Waals surface area contributed by atoms with E-state index < -0.39 is 0 Å². The lowest BCUT2D eigenvalue weighted by atomic mass is 10.3. The highest BCUT2D eigenvalue weighted by molar-refractivity contribution is 7.12. The Morgan fingerprint density at radius 2 is 2.25 bits per heavy atom. The second-order valence-electron chi connectivity index (χ2n) is 3.71. The van der Waals surface area contributed by atoms with E-state index in [4.69, 9.17) is 5.11 Å². The van der Waals surface area contributed by atoms with E-state index in [-0.39, 0.29) is 23.8 Å². The van der Waals surface area contributed by atoms with E-state index >= 15 is 0 Å². The standard InChI is InChI=1S/C13H11N3O3S/c17-7-1-2-9-3-4-10(20-9)8-14-13(19)11-5-6-12(18)16-15-11/h3-6,17H,7-8H2,(H,14,19)(H,16,18). The van der Waals surface area contributed by atoms with Crippen LogP contribution in [0.3, 0.4) is 0 Å². The molecule has 0 saturated heterocycles. The first kappa shape index (κ1) is 14.0. The predicted octanol–water partition coefficient (Wildman–Crippen LogP) is 0.105. The van der Waals surface area contributed by atoms with Gasteiger partial charge in [-0.1, -0.05) is 11.8 Å². The van der Waals surface area contributed by atoms with Crippen molar-refractivity contribution in [2.75, 3.05) is 6.61 Å². The lowest BCUT2D eigenvalue weighted by Gasteiger charge is -2.01. The van der Waals surface area contributed by atoms with Crippen LogP contribution in [0.1, 0.15) is 20.2 Å². The second kappa shape index (κ2) is 6.65. The lowest BCUT2D eigenvalue weighted by molar-refractivity contribution is 0.0945. The van der Waals surface area contributed by atoms with Crippen LogP contribution in [0.2, 0.25) is 0 Å². The Morgan fingerprint density at radius 1 is 1.40 bits per heavy atom. The number of amides is 1. The molecule has 2 heterocycles. The van der Waals surface area contributed by atoms with Crippen LogP contribution in [0.15, 0.2) is 29.1 Å². The molecule has 0 atom stereocenters. The number of hydrogen-bond acceptors (Lipinski definition) is 5. The van der Waals surface area contributed by atoms with Gasteiger partial charge in [-0.2, -0.15) is 5.10 Å². The van der Waals surface area contributed by atoms with Crippen molar-refractivity contribution in [3.8, 4) is 11.8 Å². The zero-order chi connectivity index (χ0) is 14.4. The fourth-order valence-electron chi connectivity index (χ4n) is 1.40. The Labute approximate surface area is 118 Å². The number of H-pyrrole nitrogens is 1. The van der Waals surface area contributed by atoms with Crippen molar-refractivity contribution in [2.45, 2.75) is 6.54 Å². The summed E-state index contributed by atoms with van der Waals surface area (Å²) in [5.41, 5.74) is -0.201. The molecule has 0 aliphatic carbocycles. The Balaban J connectivity index is 1.94. The fraction of sp³-hybridized carbons (Fsp3) is 0.154. The monoisotopic (exact) mass is 289 g/mol. The highest BCUT2D eigenvalue weighted by Crippen LogP contribution is 2.15. The van der Waals surface area contributed by atoms with Crippen molar-refractivity contribution in [3.05, 3.63) is 50.1 Å². The van der Waals surface area contributed by atoms with Crippen LogP contribution in [-0.2, 0) is 6.54 Å². The number of nitrogens with one attached hydrogen (secondary N) is 2. The number of carbonyl (C=O) groups is 1. The number of carbonyl (C=O) groups excluding carboxylic acids is 1. The number of aromatic nitrogens is 2. The summed E-state index contributed by atoms with van der Waals surface area (Å²) in [6.45, 7) is 0.174. The van der Waals surface area contributed by atoms with Crippen LogP contribution in [-0.4, -0.2) is 27.8 Å². The molecule has 3 N–H and O–H groups in total. The van der Waals surface area contributed by atoms with Crippen LogP contribution in [0.5, 0.6) is 0 Å². The van der Waals surface area contributed by atoms with Gasteiger partial charge in [0, 0.05) is 10.9 Å². The van der Waals surface area contributed by atoms with Gasteiger partial charge in [0.2, 0.25) is 0 Å². The maximum Gasteiger partial charge on any atom is 0.272 e. The molecule has 102 valence electrons. The van der Waals surface area contributed by atoms with E-state index in [2.05, 4.69) is 27.4 Å². The number of hydrogen-bond donors (Lipinski definition) is 3. The first-order valence-corrected chi connectivity index (χ1v) is 6.53. The lowest BCUT2D eigenvalue weighted by Crippen LogP contribution is -2.24. The van der Waals surface area contributed by atoms with E-state index in [0.717, 1.165) is 9.75 Å². The summed E-state index contributed by atoms with van der Waals surface area (Å²) in [7, 11) is 0. The first-order chi connectivity index (χ1) is 9.69. The SMILES string of the molecule is O=C(NCc1ccc(C#CCO)s1)c1ccc(=O)[nH]n1. The Kier molecular flexibility index (Phi) is 4.65. The molecule has 7 heteroatoms. The van der Waals surface area contributed by atoms with Crippen molar-refractivity contribution in [3.63, 3.8) is 0 Å². The molecule has 0 aliphatic rings. The van der Waals surface area contributed by atoms with Crippen molar-refractivity contribution in [2.24, 2.45) is 0 Å². The highest BCUT2D eigenvalue weighted by Gasteiger charge is 2.07. The average molecular weight is 289 g/mol. The normalized spacial score (nSPS) is 9.65. The molecule has 6 nitrogen and oxygen atoms in total. The van der Waals surface area contributed by atoms with Gasteiger partial charge in [-0.3, -0.25) is 9.59 Å². The van der Waals surface area contributed by atoms with E-state index in [1.165, 1.54) is 23.5 Å². The molecule has 2 rings (SSSR count). The molecular weight excluding hydrogens is 278 g/mol. The minimum absolute atomic E-state index is 0.154. The molecule has 2 aromatic rings. The summed E-state index contributed by atoms with van der Waals surface area (Å²) in [5, 5.41) is 17.1. The zero-order valence-corrected chi connectivity index (χ0v) is 11.2. The number of nitrogens with zero attached hydrogens (tertiary/aromatic N) is 1. The minimum Gasteiger partial charge on any atom is -0.384 e. The molecular formula is C13H11N3O3S. The number of aliphatic hydroxyl groups is 1. The van der Waals surface area contributed by atoms with Crippen LogP contribution in [0.4, 0.5) is 0 Å². The van der Waals surface area contributed by atoms with Crippen molar-refractivity contribution in [1.29, 1.82) is 0 Å². The van der Waals surface area contributed by atoms with Crippen LogP contribution in [0, 0.1) is 11.8 Å². The third-order valence-corrected chi connectivity index (χ3v) is 3.29. The maximum atomic E-state index is 11.8. The molecule has 0 bridgehead atoms. The average Bonchev–Trinajstić information content (AvgIpc) is 2.91. The smallest absolute Gasteiger partial charge is 0.272 e. The molecule has 2 aromatic heterocycles. The summed E-state index contributed by atoms with van der Waals surface area (Å²) in [6.07, 6.45) is 0. The summed E-state index contributed by atoms with van der Waals surface area (Å²) < 4.78 is 0. The van der Waals surface area contributed by atoms with Gasteiger partial charge in [0.05, 0.1) is 11.4 Å². The molecule has 20 heavy (non-hydrogen) atoms. The molecule has 0 radical (unpaired) electrons. The number of thiophene rings is 1. The van der Waals surface area contributed by atoms with E-state index in [0.29, 0.717) is 6.54 Å². The summed E-state index contributed by atoms with van der Waals surface area (Å²) in [4.78, 5) is 24.3. The minimum atomic E-state index is -0.363. The van der Waals surface area contributed by atoms with Crippen molar-refractivity contribution < 1.29 is 9.90 Å². The highest BCUT2D eigenvalue weighted by atomic mass is 32.1. The van der Waals surface area contributed by atoms with Gasteiger partial charge >= 0.3 is 0 Å². The third kappa shape index (κ3) is 3.78. The van der Waals surface area contributed by atoms with Gasteiger partial charge in [0.15, 0.2) is 0 Å². The Morgan fingerprint density at radius 3 is 2.95 bits per heavy atom. The van der Waals surface area contributed by atoms with Crippen LogP contribution < -0.4 is 10.9 Å². The summed E-state index contributed by atoms with van der Waals surface area (Å²) >= 11 is 1.43. The molecule has 0 fully saturated rings. The summed E-state index contributed by atoms with van der Waals surface area (Å²) in [6, 6.07) is 6.29. The second-order valence-corrected chi connectivity index (χ2v) is 4.88. The fourth-order valence-corrected chi connectivity index (χ4v) is 2.22.